The van der Waals surface area contributed by atoms with Gasteiger partial charge in [-0.2, -0.15) is 0 Å². The molecule has 0 aliphatic carbocycles. The maximum atomic E-state index is 13.2. The Balaban J connectivity index is 2.27. The zero-order chi connectivity index (χ0) is 18.8. The first-order valence-electron chi connectivity index (χ1n) is 7.06. The van der Waals surface area contributed by atoms with Crippen LogP contribution in [-0.2, 0) is 14.8 Å². The van der Waals surface area contributed by atoms with Crippen molar-refractivity contribution in [3.05, 3.63) is 58.6 Å². The number of aryl methyl sites for hydroxylation is 1. The van der Waals surface area contributed by atoms with E-state index in [1.807, 2.05) is 0 Å². The number of benzene rings is 2. The summed E-state index contributed by atoms with van der Waals surface area (Å²) < 4.78 is 51.2. The number of hydrogen-bond acceptors (Lipinski definition) is 3. The van der Waals surface area contributed by atoms with Gasteiger partial charge in [0.15, 0.2) is 11.6 Å². The second-order valence-corrected chi connectivity index (χ2v) is 7.72. The summed E-state index contributed by atoms with van der Waals surface area (Å²) >= 11 is 5.91. The van der Waals surface area contributed by atoms with Gasteiger partial charge in [0.1, 0.15) is 6.54 Å². The van der Waals surface area contributed by atoms with E-state index in [4.69, 9.17) is 11.6 Å². The van der Waals surface area contributed by atoms with Crippen LogP contribution in [0.5, 0.6) is 0 Å². The van der Waals surface area contributed by atoms with Crippen LogP contribution in [0.3, 0.4) is 0 Å². The number of hydrogen-bond donors (Lipinski definition) is 1. The van der Waals surface area contributed by atoms with E-state index < -0.39 is 34.1 Å². The molecule has 0 radical (unpaired) electrons. The van der Waals surface area contributed by atoms with E-state index in [2.05, 4.69) is 5.32 Å². The highest BCUT2D eigenvalue weighted by atomic mass is 35.5. The SMILES string of the molecule is Cc1ccc(Cl)cc1N(CC(=O)Nc1ccc(F)c(F)c1)S(C)(=O)=O. The van der Waals surface area contributed by atoms with Crippen LogP contribution in [0, 0.1) is 18.6 Å². The minimum Gasteiger partial charge on any atom is -0.324 e. The number of amides is 1. The smallest absolute Gasteiger partial charge is 0.245 e. The van der Waals surface area contributed by atoms with E-state index >= 15 is 0 Å². The molecule has 0 fully saturated rings. The quantitative estimate of drug-likeness (QED) is 0.854. The molecule has 0 aromatic heterocycles. The molecule has 2 aromatic rings. The van der Waals surface area contributed by atoms with Crippen molar-refractivity contribution in [3.8, 4) is 0 Å². The maximum absolute atomic E-state index is 13.2. The molecule has 0 saturated heterocycles. The maximum Gasteiger partial charge on any atom is 0.245 e. The first-order valence-corrected chi connectivity index (χ1v) is 9.29. The van der Waals surface area contributed by atoms with Gasteiger partial charge in [0.25, 0.3) is 0 Å². The highest BCUT2D eigenvalue weighted by molar-refractivity contribution is 7.92. The van der Waals surface area contributed by atoms with E-state index in [9.17, 15) is 22.0 Å². The third-order valence-electron chi connectivity index (χ3n) is 3.33. The normalized spacial score (nSPS) is 11.2. The predicted molar refractivity (Wildman–Crippen MR) is 93.4 cm³/mol. The molecular formula is C16H15ClF2N2O3S. The average molecular weight is 389 g/mol. The molecular weight excluding hydrogens is 374 g/mol. The summed E-state index contributed by atoms with van der Waals surface area (Å²) in [4.78, 5) is 12.2. The lowest BCUT2D eigenvalue weighted by Crippen LogP contribution is -2.37. The van der Waals surface area contributed by atoms with Crippen molar-refractivity contribution in [1.82, 2.24) is 0 Å². The van der Waals surface area contributed by atoms with Crippen molar-refractivity contribution in [1.29, 1.82) is 0 Å². The number of rotatable bonds is 5. The predicted octanol–water partition coefficient (Wildman–Crippen LogP) is 3.33. The second kappa shape index (κ2) is 7.37. The largest absolute Gasteiger partial charge is 0.324 e. The van der Waals surface area contributed by atoms with Crippen molar-refractivity contribution >= 4 is 38.9 Å². The molecule has 2 aromatic carbocycles. The zero-order valence-corrected chi connectivity index (χ0v) is 15.0. The zero-order valence-electron chi connectivity index (χ0n) is 13.4. The molecule has 1 N–H and O–H groups in total. The van der Waals surface area contributed by atoms with Gasteiger partial charge in [-0.25, -0.2) is 17.2 Å². The van der Waals surface area contributed by atoms with E-state index in [0.717, 1.165) is 22.7 Å². The molecule has 134 valence electrons. The topological polar surface area (TPSA) is 66.5 Å². The Morgan fingerprint density at radius 2 is 1.84 bits per heavy atom. The third kappa shape index (κ3) is 4.90. The van der Waals surface area contributed by atoms with Crippen molar-refractivity contribution in [2.45, 2.75) is 6.92 Å². The number of carbonyl (C=O) groups is 1. The Bertz CT molecular complexity index is 920. The molecule has 0 atom stereocenters. The van der Waals surface area contributed by atoms with E-state index in [1.54, 1.807) is 19.1 Å². The number of nitrogens with one attached hydrogen (secondary N) is 1. The van der Waals surface area contributed by atoms with E-state index in [1.165, 1.54) is 12.1 Å². The first-order chi connectivity index (χ1) is 11.6. The molecule has 9 heteroatoms. The van der Waals surface area contributed by atoms with Gasteiger partial charge in [0.2, 0.25) is 15.9 Å². The lowest BCUT2D eigenvalue weighted by Gasteiger charge is -2.23. The minimum atomic E-state index is -3.78. The molecule has 0 spiro atoms. The van der Waals surface area contributed by atoms with Crippen LogP contribution in [0.2, 0.25) is 5.02 Å². The standard InChI is InChI=1S/C16H15ClF2N2O3S/c1-10-3-4-11(17)7-15(10)21(25(2,23)24)9-16(22)20-12-5-6-13(18)14(19)8-12/h3-8H,9H2,1-2H3,(H,20,22). The van der Waals surface area contributed by atoms with Gasteiger partial charge in [0.05, 0.1) is 11.9 Å². The minimum absolute atomic E-state index is 0.0140. The van der Waals surface area contributed by atoms with Crippen molar-refractivity contribution < 1.29 is 22.0 Å². The van der Waals surface area contributed by atoms with Crippen LogP contribution >= 0.6 is 11.6 Å². The number of halogens is 3. The summed E-state index contributed by atoms with van der Waals surface area (Å²) in [6.07, 6.45) is 0.957. The van der Waals surface area contributed by atoms with Gasteiger partial charge in [-0.3, -0.25) is 9.10 Å². The molecule has 2 rings (SSSR count). The lowest BCUT2D eigenvalue weighted by molar-refractivity contribution is -0.114. The number of sulfonamides is 1. The summed E-state index contributed by atoms with van der Waals surface area (Å²) in [5.74, 6) is -2.88. The average Bonchev–Trinajstić information content (AvgIpc) is 2.50. The van der Waals surface area contributed by atoms with Gasteiger partial charge in [0, 0.05) is 16.8 Å². The Morgan fingerprint density at radius 3 is 2.44 bits per heavy atom. The molecule has 0 aliphatic heterocycles. The molecule has 1 amide bonds. The molecule has 25 heavy (non-hydrogen) atoms. The Labute approximate surface area is 149 Å². The number of anilines is 2. The monoisotopic (exact) mass is 388 g/mol. The highest BCUT2D eigenvalue weighted by Gasteiger charge is 2.23. The number of carbonyl (C=O) groups excluding carboxylic acids is 1. The lowest BCUT2D eigenvalue weighted by atomic mass is 10.2. The molecule has 0 bridgehead atoms. The van der Waals surface area contributed by atoms with Crippen LogP contribution in [0.1, 0.15) is 5.56 Å². The molecule has 0 aliphatic rings. The van der Waals surface area contributed by atoms with Gasteiger partial charge >= 0.3 is 0 Å². The van der Waals surface area contributed by atoms with Crippen LogP contribution < -0.4 is 9.62 Å². The Hall–Kier alpha value is -2.19. The third-order valence-corrected chi connectivity index (χ3v) is 4.69. The van der Waals surface area contributed by atoms with Crippen molar-refractivity contribution in [2.24, 2.45) is 0 Å². The molecule has 0 heterocycles. The molecule has 5 nitrogen and oxygen atoms in total. The van der Waals surface area contributed by atoms with Crippen molar-refractivity contribution in [3.63, 3.8) is 0 Å². The van der Waals surface area contributed by atoms with Gasteiger partial charge in [-0.15, -0.1) is 0 Å². The number of nitrogens with zero attached hydrogens (tertiary/aromatic N) is 1. The fourth-order valence-electron chi connectivity index (χ4n) is 2.14. The van der Waals surface area contributed by atoms with Crippen LogP contribution in [0.15, 0.2) is 36.4 Å². The van der Waals surface area contributed by atoms with Gasteiger partial charge in [-0.1, -0.05) is 17.7 Å². The van der Waals surface area contributed by atoms with Crippen molar-refractivity contribution in [2.75, 3.05) is 22.4 Å². The van der Waals surface area contributed by atoms with Gasteiger partial charge in [-0.05, 0) is 36.8 Å². The second-order valence-electron chi connectivity index (χ2n) is 5.38. The Kier molecular flexibility index (Phi) is 5.64. The van der Waals surface area contributed by atoms with Gasteiger partial charge < -0.3 is 5.32 Å². The molecule has 0 saturated carbocycles. The molecule has 0 unspecified atom stereocenters. The van der Waals surface area contributed by atoms with Crippen LogP contribution in [0.4, 0.5) is 20.2 Å². The summed E-state index contributed by atoms with van der Waals surface area (Å²) in [5.41, 5.74) is 0.881. The van der Waals surface area contributed by atoms with Crippen LogP contribution in [0.25, 0.3) is 0 Å². The van der Waals surface area contributed by atoms with E-state index in [-0.39, 0.29) is 11.4 Å². The summed E-state index contributed by atoms with van der Waals surface area (Å²) in [6, 6.07) is 7.50. The summed E-state index contributed by atoms with van der Waals surface area (Å²) in [6.45, 7) is 1.14. The first kappa shape index (κ1) is 19.1. The fourth-order valence-corrected chi connectivity index (χ4v) is 3.21. The highest BCUT2D eigenvalue weighted by Crippen LogP contribution is 2.26. The summed E-state index contributed by atoms with van der Waals surface area (Å²) in [7, 11) is -3.78. The fraction of sp³-hybridized carbons (Fsp3) is 0.188. The van der Waals surface area contributed by atoms with Crippen LogP contribution in [-0.4, -0.2) is 27.1 Å². The van der Waals surface area contributed by atoms with E-state index in [0.29, 0.717) is 10.6 Å². The Morgan fingerprint density at radius 1 is 1.16 bits per heavy atom. The summed E-state index contributed by atoms with van der Waals surface area (Å²) in [5, 5.41) is 2.65.